The third-order valence-electron chi connectivity index (χ3n) is 3.88. The van der Waals surface area contributed by atoms with Crippen molar-refractivity contribution in [2.75, 3.05) is 0 Å². The summed E-state index contributed by atoms with van der Waals surface area (Å²) in [4.78, 5) is 4.30. The summed E-state index contributed by atoms with van der Waals surface area (Å²) in [5, 5.41) is 0. The molecule has 2 aromatic rings. The van der Waals surface area contributed by atoms with Crippen molar-refractivity contribution >= 4 is 0 Å². The first-order valence-corrected chi connectivity index (χ1v) is 7.19. The second kappa shape index (κ2) is 6.51. The Balaban J connectivity index is 2.24. The van der Waals surface area contributed by atoms with Crippen LogP contribution in [0.4, 0.5) is 0 Å². The molecule has 1 unspecified atom stereocenters. The molecule has 0 fully saturated rings. The minimum Gasteiger partial charge on any atom is -0.264 e. The quantitative estimate of drug-likeness (QED) is 0.722. The lowest BCUT2D eigenvalue weighted by molar-refractivity contribution is 0.412. The molecule has 1 heterocycles. The summed E-state index contributed by atoms with van der Waals surface area (Å²) in [5.41, 5.74) is 2.95. The van der Waals surface area contributed by atoms with Crippen LogP contribution in [0.2, 0.25) is 0 Å². The van der Waals surface area contributed by atoms with Crippen LogP contribution in [0.15, 0.2) is 54.9 Å². The topological polar surface area (TPSA) is 12.9 Å². The predicted octanol–water partition coefficient (Wildman–Crippen LogP) is 4.77. The van der Waals surface area contributed by atoms with Crippen LogP contribution >= 0.6 is 0 Å². The summed E-state index contributed by atoms with van der Waals surface area (Å²) in [6, 6.07) is 15.0. The number of hydrogen-bond donors (Lipinski definition) is 0. The molecular formula is C18H23N. The highest BCUT2D eigenvalue weighted by atomic mass is 14.6. The van der Waals surface area contributed by atoms with Crippen LogP contribution < -0.4 is 0 Å². The Morgan fingerprint density at radius 2 is 1.84 bits per heavy atom. The first kappa shape index (κ1) is 13.8. The molecule has 0 aliphatic heterocycles. The lowest BCUT2D eigenvalue weighted by atomic mass is 9.74. The lowest BCUT2D eigenvalue weighted by Crippen LogP contribution is -2.25. The van der Waals surface area contributed by atoms with Gasteiger partial charge < -0.3 is 0 Å². The average molecular weight is 253 g/mol. The van der Waals surface area contributed by atoms with E-state index in [0.29, 0.717) is 0 Å². The molecule has 1 heteroatoms. The first-order valence-electron chi connectivity index (χ1n) is 7.19. The third kappa shape index (κ3) is 3.66. The zero-order chi connectivity index (χ0) is 13.6. The molecule has 0 radical (unpaired) electrons. The fraction of sp³-hybridized carbons (Fsp3) is 0.389. The van der Waals surface area contributed by atoms with Gasteiger partial charge in [0.2, 0.25) is 0 Å². The van der Waals surface area contributed by atoms with Crippen LogP contribution in [0.3, 0.4) is 0 Å². The summed E-state index contributed by atoms with van der Waals surface area (Å²) < 4.78 is 0. The van der Waals surface area contributed by atoms with Gasteiger partial charge in [-0.05, 0) is 35.4 Å². The summed E-state index contributed by atoms with van der Waals surface area (Å²) in [6.07, 6.45) is 8.68. The van der Waals surface area contributed by atoms with Crippen LogP contribution in [0, 0.1) is 0 Å². The minimum atomic E-state index is 0.186. The highest BCUT2D eigenvalue weighted by Crippen LogP contribution is 2.32. The van der Waals surface area contributed by atoms with E-state index in [2.05, 4.69) is 55.2 Å². The number of aromatic nitrogens is 1. The van der Waals surface area contributed by atoms with Crippen LogP contribution in [0.25, 0.3) is 0 Å². The maximum atomic E-state index is 4.30. The number of pyridine rings is 1. The zero-order valence-electron chi connectivity index (χ0n) is 12.0. The standard InChI is InChI=1S/C18H23N/c1-3-4-12-18(2,17-11-8-13-19-15-17)14-16-9-6-5-7-10-16/h5-11,13,15H,3-4,12,14H2,1-2H3. The number of rotatable bonds is 6. The van der Waals surface area contributed by atoms with Gasteiger partial charge in [-0.3, -0.25) is 4.98 Å². The van der Waals surface area contributed by atoms with Gasteiger partial charge in [0.1, 0.15) is 0 Å². The van der Waals surface area contributed by atoms with E-state index in [-0.39, 0.29) is 5.41 Å². The van der Waals surface area contributed by atoms with E-state index in [9.17, 15) is 0 Å². The highest BCUT2D eigenvalue weighted by Gasteiger charge is 2.26. The molecule has 1 aromatic heterocycles. The maximum absolute atomic E-state index is 4.30. The second-order valence-corrected chi connectivity index (χ2v) is 5.57. The van der Waals surface area contributed by atoms with Crippen LogP contribution in [-0.4, -0.2) is 4.98 Å². The average Bonchev–Trinajstić information content (AvgIpc) is 2.47. The van der Waals surface area contributed by atoms with Gasteiger partial charge in [0, 0.05) is 12.4 Å². The Hall–Kier alpha value is -1.63. The largest absolute Gasteiger partial charge is 0.264 e. The molecule has 0 amide bonds. The number of benzene rings is 1. The van der Waals surface area contributed by atoms with Crippen molar-refractivity contribution in [2.24, 2.45) is 0 Å². The van der Waals surface area contributed by atoms with Crippen molar-refractivity contribution in [3.8, 4) is 0 Å². The van der Waals surface area contributed by atoms with E-state index in [1.54, 1.807) is 0 Å². The first-order chi connectivity index (χ1) is 9.24. The summed E-state index contributed by atoms with van der Waals surface area (Å²) >= 11 is 0. The molecular weight excluding hydrogens is 230 g/mol. The third-order valence-corrected chi connectivity index (χ3v) is 3.88. The van der Waals surface area contributed by atoms with Gasteiger partial charge in [0.05, 0.1) is 0 Å². The SMILES string of the molecule is CCCCC(C)(Cc1ccccc1)c1cccnc1. The molecule has 19 heavy (non-hydrogen) atoms. The molecule has 0 spiro atoms. The smallest absolute Gasteiger partial charge is 0.0305 e. The maximum Gasteiger partial charge on any atom is 0.0305 e. The Kier molecular flexibility index (Phi) is 4.73. The normalized spacial score (nSPS) is 14.0. The number of nitrogens with zero attached hydrogens (tertiary/aromatic N) is 1. The Morgan fingerprint density at radius 1 is 1.05 bits per heavy atom. The molecule has 1 aromatic carbocycles. The summed E-state index contributed by atoms with van der Waals surface area (Å²) in [6.45, 7) is 4.62. The van der Waals surface area contributed by atoms with E-state index < -0.39 is 0 Å². The van der Waals surface area contributed by atoms with Crippen molar-refractivity contribution in [1.29, 1.82) is 0 Å². The van der Waals surface area contributed by atoms with Gasteiger partial charge >= 0.3 is 0 Å². The Labute approximate surface area is 116 Å². The summed E-state index contributed by atoms with van der Waals surface area (Å²) in [7, 11) is 0. The Morgan fingerprint density at radius 3 is 2.47 bits per heavy atom. The second-order valence-electron chi connectivity index (χ2n) is 5.57. The van der Waals surface area contributed by atoms with Gasteiger partial charge in [-0.25, -0.2) is 0 Å². The van der Waals surface area contributed by atoms with Crippen molar-refractivity contribution in [3.05, 3.63) is 66.0 Å². The lowest BCUT2D eigenvalue weighted by Gasteiger charge is -2.30. The van der Waals surface area contributed by atoms with Gasteiger partial charge in [0.25, 0.3) is 0 Å². The molecule has 0 bridgehead atoms. The van der Waals surface area contributed by atoms with Crippen LogP contribution in [-0.2, 0) is 11.8 Å². The van der Waals surface area contributed by atoms with Crippen LogP contribution in [0.1, 0.15) is 44.2 Å². The van der Waals surface area contributed by atoms with Gasteiger partial charge in [-0.1, -0.05) is 63.1 Å². The van der Waals surface area contributed by atoms with Crippen molar-refractivity contribution in [2.45, 2.75) is 44.9 Å². The molecule has 0 aliphatic carbocycles. The van der Waals surface area contributed by atoms with E-state index in [4.69, 9.17) is 0 Å². The molecule has 1 nitrogen and oxygen atoms in total. The molecule has 0 N–H and O–H groups in total. The van der Waals surface area contributed by atoms with Gasteiger partial charge in [0.15, 0.2) is 0 Å². The van der Waals surface area contributed by atoms with Crippen molar-refractivity contribution < 1.29 is 0 Å². The number of hydrogen-bond acceptors (Lipinski definition) is 1. The fourth-order valence-corrected chi connectivity index (χ4v) is 2.67. The van der Waals surface area contributed by atoms with Gasteiger partial charge in [-0.15, -0.1) is 0 Å². The minimum absolute atomic E-state index is 0.186. The van der Waals surface area contributed by atoms with Crippen LogP contribution in [0.5, 0.6) is 0 Å². The van der Waals surface area contributed by atoms with E-state index in [1.165, 1.54) is 30.4 Å². The number of unbranched alkanes of at least 4 members (excludes halogenated alkanes) is 1. The van der Waals surface area contributed by atoms with E-state index >= 15 is 0 Å². The highest BCUT2D eigenvalue weighted by molar-refractivity contribution is 5.26. The summed E-state index contributed by atoms with van der Waals surface area (Å²) in [5.74, 6) is 0. The fourth-order valence-electron chi connectivity index (χ4n) is 2.67. The molecule has 1 atom stereocenters. The predicted molar refractivity (Wildman–Crippen MR) is 81.3 cm³/mol. The van der Waals surface area contributed by atoms with Crippen molar-refractivity contribution in [3.63, 3.8) is 0 Å². The molecule has 0 saturated heterocycles. The van der Waals surface area contributed by atoms with Gasteiger partial charge in [-0.2, -0.15) is 0 Å². The van der Waals surface area contributed by atoms with E-state index in [0.717, 1.165) is 6.42 Å². The van der Waals surface area contributed by atoms with E-state index in [1.807, 2.05) is 18.5 Å². The molecule has 2 rings (SSSR count). The molecule has 100 valence electrons. The zero-order valence-corrected chi connectivity index (χ0v) is 12.0. The Bertz CT molecular complexity index is 478. The van der Waals surface area contributed by atoms with Crippen molar-refractivity contribution in [1.82, 2.24) is 4.98 Å². The molecule has 0 saturated carbocycles. The monoisotopic (exact) mass is 253 g/mol. The molecule has 0 aliphatic rings.